The molecule has 3 atom stereocenters. The van der Waals surface area contributed by atoms with Crippen LogP contribution in [0.1, 0.15) is 291 Å². The van der Waals surface area contributed by atoms with E-state index in [1.54, 1.807) is 0 Å². The lowest BCUT2D eigenvalue weighted by atomic mass is 9.99. The van der Waals surface area contributed by atoms with Gasteiger partial charge in [0.15, 0.2) is 6.10 Å². The zero-order valence-corrected chi connectivity index (χ0v) is 40.4. The van der Waals surface area contributed by atoms with Gasteiger partial charge in [-0.15, -0.1) is 0 Å². The van der Waals surface area contributed by atoms with Crippen molar-refractivity contribution in [1.29, 1.82) is 0 Å². The third-order valence-electron chi connectivity index (χ3n) is 12.7. The summed E-state index contributed by atoms with van der Waals surface area (Å²) < 4.78 is 16.8. The number of carbonyl (C=O) groups is 3. The van der Waals surface area contributed by atoms with Gasteiger partial charge in [-0.2, -0.15) is 0 Å². The lowest BCUT2D eigenvalue weighted by Gasteiger charge is -2.18. The highest BCUT2D eigenvalue weighted by atomic mass is 16.6. The van der Waals surface area contributed by atoms with Crippen LogP contribution in [0.4, 0.5) is 0 Å². The van der Waals surface area contributed by atoms with Crippen molar-refractivity contribution in [2.75, 3.05) is 13.2 Å². The average Bonchev–Trinajstić information content (AvgIpc) is 3.23. The molecular formula is C53H102O6. The van der Waals surface area contributed by atoms with E-state index in [1.165, 1.54) is 180 Å². The van der Waals surface area contributed by atoms with Gasteiger partial charge in [0.1, 0.15) is 13.2 Å². The smallest absolute Gasteiger partial charge is 0.306 e. The first-order valence-corrected chi connectivity index (χ1v) is 26.3. The fourth-order valence-electron chi connectivity index (χ4n) is 7.93. The van der Waals surface area contributed by atoms with Gasteiger partial charge < -0.3 is 14.2 Å². The van der Waals surface area contributed by atoms with Crippen LogP contribution in [0, 0.1) is 11.8 Å². The highest BCUT2D eigenvalue weighted by Gasteiger charge is 2.19. The molecule has 0 aliphatic rings. The molecule has 0 aliphatic heterocycles. The number of unbranched alkanes of at least 4 members (excludes halogenated alkanes) is 30. The van der Waals surface area contributed by atoms with Gasteiger partial charge in [-0.3, -0.25) is 14.4 Å². The van der Waals surface area contributed by atoms with Gasteiger partial charge in [0, 0.05) is 19.3 Å². The molecule has 0 aliphatic carbocycles. The van der Waals surface area contributed by atoms with Gasteiger partial charge in [0.25, 0.3) is 0 Å². The molecule has 0 saturated carbocycles. The molecule has 0 aromatic rings. The Morgan fingerprint density at radius 2 is 0.593 bits per heavy atom. The number of hydrogen-bond acceptors (Lipinski definition) is 6. The Kier molecular flexibility index (Phi) is 44.7. The molecule has 0 aromatic heterocycles. The average molecular weight is 835 g/mol. The van der Waals surface area contributed by atoms with E-state index < -0.39 is 6.10 Å². The highest BCUT2D eigenvalue weighted by Crippen LogP contribution is 2.18. The zero-order valence-electron chi connectivity index (χ0n) is 40.4. The number of esters is 3. The van der Waals surface area contributed by atoms with Crippen LogP contribution in [-0.2, 0) is 28.6 Å². The van der Waals surface area contributed by atoms with E-state index in [0.717, 1.165) is 69.6 Å². The lowest BCUT2D eigenvalue weighted by Crippen LogP contribution is -2.30. The number of carbonyl (C=O) groups excluding carboxylic acids is 3. The van der Waals surface area contributed by atoms with Crippen molar-refractivity contribution in [1.82, 2.24) is 0 Å². The standard InChI is InChI=1S/C53H102O6/c1-6-9-10-11-12-13-14-15-16-17-18-19-20-25-28-35-40-45-53(56)59-50(47-58-52(55)44-39-34-30-29-32-37-42-49(5)8-3)46-57-51(54)43-38-33-27-24-22-21-23-26-31-36-41-48(4)7-2/h48-50H,6-47H2,1-5H3/t48?,49?,50-/m0/s1. The highest BCUT2D eigenvalue weighted by molar-refractivity contribution is 5.71. The molecule has 350 valence electrons. The molecule has 0 radical (unpaired) electrons. The van der Waals surface area contributed by atoms with E-state index in [1.807, 2.05) is 0 Å². The molecule has 0 spiro atoms. The van der Waals surface area contributed by atoms with E-state index in [2.05, 4.69) is 34.6 Å². The Morgan fingerprint density at radius 3 is 0.881 bits per heavy atom. The Morgan fingerprint density at radius 1 is 0.339 bits per heavy atom. The summed E-state index contributed by atoms with van der Waals surface area (Å²) in [5.74, 6) is 0.833. The summed E-state index contributed by atoms with van der Waals surface area (Å²) in [6.45, 7) is 11.4. The summed E-state index contributed by atoms with van der Waals surface area (Å²) in [5.41, 5.74) is 0. The Hall–Kier alpha value is -1.59. The van der Waals surface area contributed by atoms with Crippen LogP contribution in [0.5, 0.6) is 0 Å². The quantitative estimate of drug-likeness (QED) is 0.0345. The van der Waals surface area contributed by atoms with E-state index in [-0.39, 0.29) is 31.1 Å². The maximum atomic E-state index is 12.8. The van der Waals surface area contributed by atoms with Crippen molar-refractivity contribution in [2.45, 2.75) is 298 Å². The molecule has 6 heteroatoms. The molecule has 0 fully saturated rings. The lowest BCUT2D eigenvalue weighted by molar-refractivity contribution is -0.167. The summed E-state index contributed by atoms with van der Waals surface area (Å²) >= 11 is 0. The summed E-state index contributed by atoms with van der Waals surface area (Å²) in [7, 11) is 0. The fraction of sp³-hybridized carbons (Fsp3) is 0.943. The number of hydrogen-bond donors (Lipinski definition) is 0. The second kappa shape index (κ2) is 45.9. The Balaban J connectivity index is 4.30. The minimum Gasteiger partial charge on any atom is -0.462 e. The summed E-state index contributed by atoms with van der Waals surface area (Å²) in [4.78, 5) is 37.9. The molecule has 0 N–H and O–H groups in total. The largest absolute Gasteiger partial charge is 0.462 e. The van der Waals surface area contributed by atoms with Crippen LogP contribution >= 0.6 is 0 Å². The van der Waals surface area contributed by atoms with Gasteiger partial charge in [0.05, 0.1) is 0 Å². The topological polar surface area (TPSA) is 78.9 Å². The normalized spacial score (nSPS) is 13.0. The van der Waals surface area contributed by atoms with Crippen LogP contribution < -0.4 is 0 Å². The molecule has 2 unspecified atom stereocenters. The van der Waals surface area contributed by atoms with Gasteiger partial charge in [-0.1, -0.05) is 253 Å². The number of rotatable bonds is 47. The predicted molar refractivity (Wildman–Crippen MR) is 252 cm³/mol. The fourth-order valence-corrected chi connectivity index (χ4v) is 7.93. The maximum Gasteiger partial charge on any atom is 0.306 e. The zero-order chi connectivity index (χ0) is 43.3. The van der Waals surface area contributed by atoms with Crippen LogP contribution in [0.3, 0.4) is 0 Å². The van der Waals surface area contributed by atoms with Crippen molar-refractivity contribution in [3.8, 4) is 0 Å². The molecular weight excluding hydrogens is 733 g/mol. The molecule has 0 amide bonds. The first-order chi connectivity index (χ1) is 28.8. The molecule has 0 heterocycles. The summed E-state index contributed by atoms with van der Waals surface area (Å²) in [5, 5.41) is 0. The molecule has 59 heavy (non-hydrogen) atoms. The third kappa shape index (κ3) is 44.3. The summed E-state index contributed by atoms with van der Waals surface area (Å²) in [6.07, 6.45) is 46.6. The van der Waals surface area contributed by atoms with Crippen molar-refractivity contribution in [3.63, 3.8) is 0 Å². The predicted octanol–water partition coefficient (Wildman–Crippen LogP) is 16.9. The van der Waals surface area contributed by atoms with Crippen molar-refractivity contribution < 1.29 is 28.6 Å². The molecule has 0 aromatic carbocycles. The number of ether oxygens (including phenoxy) is 3. The minimum absolute atomic E-state index is 0.0646. The van der Waals surface area contributed by atoms with Gasteiger partial charge in [-0.25, -0.2) is 0 Å². The molecule has 6 nitrogen and oxygen atoms in total. The van der Waals surface area contributed by atoms with E-state index >= 15 is 0 Å². The SMILES string of the molecule is CCCCCCCCCCCCCCCCCCCC(=O)O[C@@H](COC(=O)CCCCCCCCCCCCC(C)CC)COC(=O)CCCCCCCCC(C)CC. The summed E-state index contributed by atoms with van der Waals surface area (Å²) in [6, 6.07) is 0. The first-order valence-electron chi connectivity index (χ1n) is 26.3. The van der Waals surface area contributed by atoms with Crippen molar-refractivity contribution in [3.05, 3.63) is 0 Å². The van der Waals surface area contributed by atoms with Crippen LogP contribution in [-0.4, -0.2) is 37.2 Å². The maximum absolute atomic E-state index is 12.8. The van der Waals surface area contributed by atoms with E-state index in [4.69, 9.17) is 14.2 Å². The van der Waals surface area contributed by atoms with Gasteiger partial charge in [-0.05, 0) is 31.1 Å². The van der Waals surface area contributed by atoms with Crippen LogP contribution in [0.2, 0.25) is 0 Å². The van der Waals surface area contributed by atoms with E-state index in [0.29, 0.717) is 19.3 Å². The van der Waals surface area contributed by atoms with Crippen molar-refractivity contribution >= 4 is 17.9 Å². The molecule has 0 bridgehead atoms. The monoisotopic (exact) mass is 835 g/mol. The minimum atomic E-state index is -0.762. The van der Waals surface area contributed by atoms with Gasteiger partial charge >= 0.3 is 17.9 Å². The van der Waals surface area contributed by atoms with E-state index in [9.17, 15) is 14.4 Å². The third-order valence-corrected chi connectivity index (χ3v) is 12.7. The molecule has 0 saturated heterocycles. The molecule has 0 rings (SSSR count). The first kappa shape index (κ1) is 57.4. The van der Waals surface area contributed by atoms with Crippen LogP contribution in [0.15, 0.2) is 0 Å². The van der Waals surface area contributed by atoms with Gasteiger partial charge in [0.2, 0.25) is 0 Å². The second-order valence-electron chi connectivity index (χ2n) is 18.6. The van der Waals surface area contributed by atoms with Crippen molar-refractivity contribution in [2.24, 2.45) is 11.8 Å². The van der Waals surface area contributed by atoms with Crippen LogP contribution in [0.25, 0.3) is 0 Å². The second-order valence-corrected chi connectivity index (χ2v) is 18.6. The Bertz CT molecular complexity index is 904. The Labute approximate surface area is 368 Å².